The third kappa shape index (κ3) is 5.63. The van der Waals surface area contributed by atoms with E-state index in [9.17, 15) is 20.0 Å². The van der Waals surface area contributed by atoms with Crippen LogP contribution in [0.3, 0.4) is 0 Å². The van der Waals surface area contributed by atoms with Gasteiger partial charge in [0.2, 0.25) is 0 Å². The molecule has 3 rings (SSSR count). The number of hydrogen-bond donors (Lipinski definition) is 4. The van der Waals surface area contributed by atoms with Crippen molar-refractivity contribution >= 4 is 24.4 Å². The number of carbonyl (C=O) groups is 1. The average Bonchev–Trinajstić information content (AvgIpc) is 3.08. The van der Waals surface area contributed by atoms with Gasteiger partial charge in [-0.2, -0.15) is 11.3 Å². The van der Waals surface area contributed by atoms with Crippen LogP contribution in [0.1, 0.15) is 36.3 Å². The second-order valence-corrected chi connectivity index (χ2v) is 7.66. The second kappa shape index (κ2) is 9.48. The van der Waals surface area contributed by atoms with Gasteiger partial charge in [-0.05, 0) is 40.8 Å². The molecular formula is C19H24BNO5S. The molecule has 4 N–H and O–H groups in total. The van der Waals surface area contributed by atoms with Gasteiger partial charge < -0.3 is 19.9 Å². The van der Waals surface area contributed by atoms with E-state index in [0.29, 0.717) is 19.3 Å². The van der Waals surface area contributed by atoms with Crippen LogP contribution < -0.4 is 5.32 Å². The van der Waals surface area contributed by atoms with Gasteiger partial charge in [-0.1, -0.05) is 30.3 Å². The van der Waals surface area contributed by atoms with E-state index in [1.54, 1.807) is 11.3 Å². The van der Waals surface area contributed by atoms with E-state index in [-0.39, 0.29) is 12.3 Å². The number of carboxylic acids is 1. The lowest BCUT2D eigenvalue weighted by Crippen LogP contribution is -2.50. The molecule has 0 bridgehead atoms. The first kappa shape index (κ1) is 20.0. The van der Waals surface area contributed by atoms with Crippen LogP contribution in [0, 0.1) is 0 Å². The van der Waals surface area contributed by atoms with Crippen molar-refractivity contribution in [2.45, 2.75) is 49.9 Å². The van der Waals surface area contributed by atoms with E-state index >= 15 is 0 Å². The van der Waals surface area contributed by atoms with E-state index in [1.165, 1.54) is 0 Å². The fourth-order valence-corrected chi connectivity index (χ4v) is 4.29. The normalized spacial score (nSPS) is 24.4. The lowest BCUT2D eigenvalue weighted by molar-refractivity contribution is -0.139. The molecule has 0 aliphatic carbocycles. The smallest absolute Gasteiger partial charge is 0.472 e. The van der Waals surface area contributed by atoms with E-state index in [0.717, 1.165) is 11.1 Å². The molecule has 27 heavy (non-hydrogen) atoms. The van der Waals surface area contributed by atoms with E-state index in [4.69, 9.17) is 4.65 Å². The van der Waals surface area contributed by atoms with Gasteiger partial charge in [-0.25, -0.2) is 0 Å². The highest BCUT2D eigenvalue weighted by Gasteiger charge is 2.39. The Balaban J connectivity index is 1.69. The predicted molar refractivity (Wildman–Crippen MR) is 104 cm³/mol. The van der Waals surface area contributed by atoms with Crippen molar-refractivity contribution in [2.24, 2.45) is 0 Å². The van der Waals surface area contributed by atoms with Crippen molar-refractivity contribution in [3.8, 4) is 0 Å². The van der Waals surface area contributed by atoms with Gasteiger partial charge in [-0.15, -0.1) is 0 Å². The molecule has 4 atom stereocenters. The number of hydrogen-bond acceptors (Lipinski definition) is 6. The van der Waals surface area contributed by atoms with Crippen LogP contribution >= 0.6 is 11.3 Å². The van der Waals surface area contributed by atoms with Crippen molar-refractivity contribution in [2.75, 3.05) is 0 Å². The lowest BCUT2D eigenvalue weighted by Gasteiger charge is -2.25. The summed E-state index contributed by atoms with van der Waals surface area (Å²) < 4.78 is 5.74. The highest BCUT2D eigenvalue weighted by atomic mass is 32.1. The van der Waals surface area contributed by atoms with Gasteiger partial charge in [0.1, 0.15) is 6.23 Å². The molecule has 2 unspecified atom stereocenters. The Hall–Kier alpha value is -1.71. The lowest BCUT2D eigenvalue weighted by atomic mass is 9.76. The van der Waals surface area contributed by atoms with Gasteiger partial charge in [0.25, 0.3) is 0 Å². The summed E-state index contributed by atoms with van der Waals surface area (Å²) in [5.41, 5.74) is 2.02. The van der Waals surface area contributed by atoms with Gasteiger partial charge in [0.15, 0.2) is 0 Å². The maximum Gasteiger partial charge on any atom is 0.472 e. The summed E-state index contributed by atoms with van der Waals surface area (Å²) in [6.07, 6.45) is 0.0443. The number of carboxylic acid groups (broad SMARTS) is 1. The molecule has 1 saturated heterocycles. The molecule has 8 heteroatoms. The number of aliphatic carboxylic acids is 1. The summed E-state index contributed by atoms with van der Waals surface area (Å²) in [4.78, 5) is 11.3. The molecule has 0 radical (unpaired) electrons. The van der Waals surface area contributed by atoms with Crippen LogP contribution in [0.25, 0.3) is 0 Å². The minimum atomic E-state index is -1.18. The molecule has 1 fully saturated rings. The third-order valence-electron chi connectivity index (χ3n) is 4.92. The number of rotatable bonds is 7. The highest BCUT2D eigenvalue weighted by Crippen LogP contribution is 2.33. The standard InChI is InChI=1S/C19H24BNO5S/c22-18(10-13-8-9-27-12-13)21-17-7-6-15(14-4-2-1-3-5-14)16(11-19(23)24)26-20(17)25/h1-5,8-9,12,15-18,21-22,25H,6-7,10-11H2,(H,23,24)/t15?,16-,17+,18?/m1/s1. The molecule has 2 heterocycles. The summed E-state index contributed by atoms with van der Waals surface area (Å²) in [6.45, 7) is 0. The largest absolute Gasteiger partial charge is 0.481 e. The Labute approximate surface area is 163 Å². The zero-order chi connectivity index (χ0) is 19.2. The van der Waals surface area contributed by atoms with Crippen molar-refractivity contribution in [1.29, 1.82) is 0 Å². The minimum Gasteiger partial charge on any atom is -0.481 e. The summed E-state index contributed by atoms with van der Waals surface area (Å²) in [5.74, 6) is -1.56. The van der Waals surface area contributed by atoms with Crippen molar-refractivity contribution in [1.82, 2.24) is 5.32 Å². The molecule has 6 nitrogen and oxygen atoms in total. The van der Waals surface area contributed by atoms with Gasteiger partial charge in [-0.3, -0.25) is 10.1 Å². The number of aliphatic hydroxyl groups excluding tert-OH is 1. The Morgan fingerprint density at radius 2 is 2.07 bits per heavy atom. The average molecular weight is 389 g/mol. The molecule has 1 aliphatic heterocycles. The predicted octanol–water partition coefficient (Wildman–Crippen LogP) is 2.02. The van der Waals surface area contributed by atoms with Crippen LogP contribution in [-0.2, 0) is 15.9 Å². The van der Waals surface area contributed by atoms with Crippen LogP contribution in [0.5, 0.6) is 0 Å². The van der Waals surface area contributed by atoms with Crippen LogP contribution in [0.15, 0.2) is 47.2 Å². The van der Waals surface area contributed by atoms with Crippen LogP contribution in [-0.4, -0.2) is 46.6 Å². The number of benzene rings is 1. The van der Waals surface area contributed by atoms with Crippen LogP contribution in [0.4, 0.5) is 0 Å². The molecule has 2 aromatic rings. The molecule has 144 valence electrons. The van der Waals surface area contributed by atoms with Crippen molar-refractivity contribution < 1.29 is 24.7 Å². The fourth-order valence-electron chi connectivity index (χ4n) is 3.60. The number of thiophene rings is 1. The first-order valence-electron chi connectivity index (χ1n) is 9.08. The first-order chi connectivity index (χ1) is 13.0. The fraction of sp³-hybridized carbons (Fsp3) is 0.421. The third-order valence-corrected chi connectivity index (χ3v) is 5.65. The Morgan fingerprint density at radius 3 is 2.74 bits per heavy atom. The maximum atomic E-state index is 11.3. The SMILES string of the molecule is O=C(O)C[C@H]1OB(O)[C@@H](NC(O)Cc2ccsc2)CCC1c1ccccc1. The molecule has 1 aromatic carbocycles. The van der Waals surface area contributed by atoms with E-state index < -0.39 is 31.4 Å². The van der Waals surface area contributed by atoms with Gasteiger partial charge >= 0.3 is 13.1 Å². The molecule has 1 aromatic heterocycles. The summed E-state index contributed by atoms with van der Waals surface area (Å²) in [5, 5.41) is 37.0. The second-order valence-electron chi connectivity index (χ2n) is 6.88. The maximum absolute atomic E-state index is 11.3. The Kier molecular flexibility index (Phi) is 7.04. The molecule has 0 saturated carbocycles. The zero-order valence-corrected chi connectivity index (χ0v) is 15.7. The van der Waals surface area contributed by atoms with E-state index in [2.05, 4.69) is 5.32 Å². The van der Waals surface area contributed by atoms with Gasteiger partial charge in [0.05, 0.1) is 12.5 Å². The van der Waals surface area contributed by atoms with E-state index in [1.807, 2.05) is 47.2 Å². The number of nitrogens with one attached hydrogen (secondary N) is 1. The molecule has 0 spiro atoms. The van der Waals surface area contributed by atoms with Crippen molar-refractivity contribution in [3.63, 3.8) is 0 Å². The van der Waals surface area contributed by atoms with Crippen molar-refractivity contribution in [3.05, 3.63) is 58.3 Å². The number of aliphatic hydroxyl groups is 1. The topological polar surface area (TPSA) is 99.0 Å². The monoisotopic (exact) mass is 389 g/mol. The molecule has 0 amide bonds. The highest BCUT2D eigenvalue weighted by molar-refractivity contribution is 7.07. The summed E-state index contributed by atoms with van der Waals surface area (Å²) >= 11 is 1.57. The zero-order valence-electron chi connectivity index (χ0n) is 14.9. The van der Waals surface area contributed by atoms with Crippen LogP contribution in [0.2, 0.25) is 0 Å². The minimum absolute atomic E-state index is 0.127. The molecule has 1 aliphatic rings. The summed E-state index contributed by atoms with van der Waals surface area (Å²) in [6, 6.07) is 11.6. The summed E-state index contributed by atoms with van der Waals surface area (Å²) in [7, 11) is -1.18. The Bertz CT molecular complexity index is 714. The van der Waals surface area contributed by atoms with Gasteiger partial charge in [0, 0.05) is 18.3 Å². The first-order valence-corrected chi connectivity index (χ1v) is 10.0. The molecular weight excluding hydrogens is 365 g/mol. The quantitative estimate of drug-likeness (QED) is 0.427. The Morgan fingerprint density at radius 1 is 1.30 bits per heavy atom.